The van der Waals surface area contributed by atoms with Gasteiger partial charge in [-0.2, -0.15) is 0 Å². The monoisotopic (exact) mass is 372 g/mol. The second-order valence-electron chi connectivity index (χ2n) is 8.11. The highest BCUT2D eigenvalue weighted by molar-refractivity contribution is 6.47. The molecule has 1 N–H and O–H groups in total. The molecule has 28 heavy (non-hydrogen) atoms. The Labute approximate surface area is 165 Å². The lowest BCUT2D eigenvalue weighted by atomic mass is 9.82. The van der Waals surface area contributed by atoms with Crippen LogP contribution in [0.5, 0.6) is 0 Å². The first-order chi connectivity index (χ1) is 13.2. The maximum Gasteiger partial charge on any atom is 0.330 e. The Kier molecular flexibility index (Phi) is 4.52. The van der Waals surface area contributed by atoms with Gasteiger partial charge in [-0.15, -0.1) is 0 Å². The van der Waals surface area contributed by atoms with Crippen molar-refractivity contribution >= 4 is 34.8 Å². The van der Waals surface area contributed by atoms with Crippen molar-refractivity contribution < 1.29 is 14.2 Å². The lowest BCUT2D eigenvalue weighted by Gasteiger charge is -2.37. The Morgan fingerprint density at radius 3 is 2.21 bits per heavy atom. The molecule has 4 rings (SSSR count). The van der Waals surface area contributed by atoms with Crippen LogP contribution in [0.15, 0.2) is 65.1 Å². The largest absolute Gasteiger partial charge is 0.436 e. The molecule has 0 bridgehead atoms. The predicted octanol–water partition coefficient (Wildman–Crippen LogP) is 4.46. The van der Waals surface area contributed by atoms with E-state index in [1.165, 1.54) is 0 Å². The van der Waals surface area contributed by atoms with E-state index in [-0.39, 0.29) is 0 Å². The van der Waals surface area contributed by atoms with Gasteiger partial charge >= 0.3 is 7.48 Å². The molecule has 0 atom stereocenters. The van der Waals surface area contributed by atoms with Crippen LogP contribution in [-0.4, -0.2) is 28.8 Å². The molecule has 1 radical (unpaired) electrons. The van der Waals surface area contributed by atoms with E-state index >= 15 is 0 Å². The molecule has 1 heterocycles. The van der Waals surface area contributed by atoms with Crippen LogP contribution in [0.2, 0.25) is 0 Å². The number of aromatic nitrogens is 1. The Balaban J connectivity index is 1.56. The fourth-order valence-corrected chi connectivity index (χ4v) is 2.80. The van der Waals surface area contributed by atoms with Gasteiger partial charge < -0.3 is 14.2 Å². The Morgan fingerprint density at radius 1 is 0.929 bits per heavy atom. The fraction of sp³-hybridized carbons (Fsp3) is 0.261. The summed E-state index contributed by atoms with van der Waals surface area (Å²) in [5, 5.41) is 12.5. The zero-order valence-corrected chi connectivity index (χ0v) is 16.6. The maximum atomic E-state index is 10.2. The topological polar surface area (TPSA) is 55.5 Å². The SMILES string of the molecule is CC(C)(O)C(C)(C)O[B]c1ccc(-c2nc3cc4ccccc4cc3o2)cc1. The molecule has 0 saturated carbocycles. The summed E-state index contributed by atoms with van der Waals surface area (Å²) in [7, 11) is 1.67. The van der Waals surface area contributed by atoms with Crippen molar-refractivity contribution in [1.29, 1.82) is 0 Å². The highest BCUT2D eigenvalue weighted by Crippen LogP contribution is 2.28. The highest BCUT2D eigenvalue weighted by atomic mass is 16.5. The van der Waals surface area contributed by atoms with Gasteiger partial charge in [0, 0.05) is 5.56 Å². The zero-order valence-electron chi connectivity index (χ0n) is 16.6. The smallest absolute Gasteiger partial charge is 0.330 e. The highest BCUT2D eigenvalue weighted by Gasteiger charge is 2.35. The summed E-state index contributed by atoms with van der Waals surface area (Å²) in [4.78, 5) is 4.64. The lowest BCUT2D eigenvalue weighted by molar-refractivity contribution is -0.0893. The summed E-state index contributed by atoms with van der Waals surface area (Å²) in [6.45, 7) is 7.20. The van der Waals surface area contributed by atoms with Gasteiger partial charge in [0.05, 0.1) is 11.2 Å². The molecular formula is C23H23BNO3. The van der Waals surface area contributed by atoms with Crippen molar-refractivity contribution in [2.75, 3.05) is 0 Å². The van der Waals surface area contributed by atoms with Crippen LogP contribution in [0.1, 0.15) is 27.7 Å². The molecule has 4 aromatic rings. The third kappa shape index (κ3) is 3.55. The first kappa shape index (κ1) is 18.7. The molecule has 0 fully saturated rings. The third-order valence-electron chi connectivity index (χ3n) is 5.38. The van der Waals surface area contributed by atoms with Crippen LogP contribution < -0.4 is 5.46 Å². The Morgan fingerprint density at radius 2 is 1.57 bits per heavy atom. The van der Waals surface area contributed by atoms with Crippen LogP contribution in [-0.2, 0) is 4.65 Å². The van der Waals surface area contributed by atoms with Crippen molar-refractivity contribution in [3.05, 3.63) is 60.7 Å². The number of fused-ring (bicyclic) bond motifs is 2. The van der Waals surface area contributed by atoms with Crippen molar-refractivity contribution in [1.82, 2.24) is 4.98 Å². The van der Waals surface area contributed by atoms with E-state index in [4.69, 9.17) is 9.07 Å². The number of benzene rings is 3. The number of hydrogen-bond acceptors (Lipinski definition) is 4. The number of aliphatic hydroxyl groups is 1. The van der Waals surface area contributed by atoms with Crippen LogP contribution >= 0.6 is 0 Å². The average molecular weight is 372 g/mol. The molecule has 3 aromatic carbocycles. The molecule has 0 aliphatic heterocycles. The standard InChI is InChI=1S/C23H23BNO3/c1-22(2,26)23(3,4)28-24-18-11-9-15(10-12-18)21-25-19-13-16-7-5-6-8-17(16)14-20(19)27-21/h5-14,26H,1-4H3. The summed E-state index contributed by atoms with van der Waals surface area (Å²) in [6, 6.07) is 20.0. The van der Waals surface area contributed by atoms with Gasteiger partial charge in [-0.05, 0) is 50.6 Å². The quantitative estimate of drug-likeness (QED) is 0.526. The molecule has 0 saturated heterocycles. The maximum absolute atomic E-state index is 10.2. The molecular weight excluding hydrogens is 349 g/mol. The molecule has 0 aliphatic carbocycles. The summed E-state index contributed by atoms with van der Waals surface area (Å²) < 4.78 is 11.8. The molecule has 1 aromatic heterocycles. The molecule has 0 amide bonds. The van der Waals surface area contributed by atoms with E-state index in [1.54, 1.807) is 21.3 Å². The molecule has 0 unspecified atom stereocenters. The zero-order chi connectivity index (χ0) is 19.9. The second kappa shape index (κ2) is 6.76. The van der Waals surface area contributed by atoms with Crippen molar-refractivity contribution in [3.63, 3.8) is 0 Å². The van der Waals surface area contributed by atoms with Crippen LogP contribution in [0, 0.1) is 0 Å². The lowest BCUT2D eigenvalue weighted by Crippen LogP contribution is -2.49. The average Bonchev–Trinajstić information content (AvgIpc) is 3.07. The van der Waals surface area contributed by atoms with E-state index in [9.17, 15) is 5.11 Å². The first-order valence-corrected chi connectivity index (χ1v) is 9.36. The first-order valence-electron chi connectivity index (χ1n) is 9.36. The minimum Gasteiger partial charge on any atom is -0.436 e. The number of nitrogens with zero attached hydrogens (tertiary/aromatic N) is 1. The van der Waals surface area contributed by atoms with Crippen LogP contribution in [0.3, 0.4) is 0 Å². The normalized spacial score (nSPS) is 12.6. The van der Waals surface area contributed by atoms with Gasteiger partial charge in [0.25, 0.3) is 0 Å². The van der Waals surface area contributed by atoms with E-state index < -0.39 is 11.2 Å². The van der Waals surface area contributed by atoms with E-state index in [0.717, 1.165) is 32.9 Å². The summed E-state index contributed by atoms with van der Waals surface area (Å²) in [6.07, 6.45) is 0. The predicted molar refractivity (Wildman–Crippen MR) is 114 cm³/mol. The molecule has 5 heteroatoms. The molecule has 0 spiro atoms. The minimum atomic E-state index is -0.953. The summed E-state index contributed by atoms with van der Waals surface area (Å²) in [5.74, 6) is 0.592. The van der Waals surface area contributed by atoms with Gasteiger partial charge in [0.15, 0.2) is 5.58 Å². The third-order valence-corrected chi connectivity index (χ3v) is 5.38. The Bertz CT molecular complexity index is 1070. The second-order valence-corrected chi connectivity index (χ2v) is 8.11. The number of rotatable bonds is 5. The van der Waals surface area contributed by atoms with Crippen LogP contribution in [0.4, 0.5) is 0 Å². The number of oxazole rings is 1. The molecule has 0 aliphatic rings. The summed E-state index contributed by atoms with van der Waals surface area (Å²) >= 11 is 0. The van der Waals surface area contributed by atoms with Crippen molar-refractivity contribution in [2.45, 2.75) is 38.9 Å². The van der Waals surface area contributed by atoms with Gasteiger partial charge in [-0.25, -0.2) is 4.98 Å². The Hall–Kier alpha value is -2.63. The van der Waals surface area contributed by atoms with Crippen molar-refractivity contribution in [2.24, 2.45) is 0 Å². The number of hydrogen-bond donors (Lipinski definition) is 1. The van der Waals surface area contributed by atoms with E-state index in [0.29, 0.717) is 5.89 Å². The van der Waals surface area contributed by atoms with E-state index in [1.807, 2.05) is 62.4 Å². The van der Waals surface area contributed by atoms with Gasteiger partial charge in [-0.1, -0.05) is 54.0 Å². The van der Waals surface area contributed by atoms with Crippen molar-refractivity contribution in [3.8, 4) is 11.5 Å². The molecule has 4 nitrogen and oxygen atoms in total. The van der Waals surface area contributed by atoms with Crippen LogP contribution in [0.25, 0.3) is 33.3 Å². The van der Waals surface area contributed by atoms with Gasteiger partial charge in [0.1, 0.15) is 5.52 Å². The van der Waals surface area contributed by atoms with Gasteiger partial charge in [0.2, 0.25) is 5.89 Å². The van der Waals surface area contributed by atoms with E-state index in [2.05, 4.69) is 17.1 Å². The minimum absolute atomic E-state index is 0.592. The molecule has 141 valence electrons. The fourth-order valence-electron chi connectivity index (χ4n) is 2.80. The summed E-state index contributed by atoms with van der Waals surface area (Å²) in [5.41, 5.74) is 1.78. The van der Waals surface area contributed by atoms with Gasteiger partial charge in [-0.3, -0.25) is 0 Å².